The molecule has 3 heterocycles. The van der Waals surface area contributed by atoms with Gasteiger partial charge in [0.1, 0.15) is 22.7 Å². The number of aryl methyl sites for hydroxylation is 1. The Morgan fingerprint density at radius 3 is 2.61 bits per heavy atom. The minimum absolute atomic E-state index is 0.0502. The number of carbonyl (C=O) groups is 2. The summed E-state index contributed by atoms with van der Waals surface area (Å²) in [5.41, 5.74) is 9.31. The summed E-state index contributed by atoms with van der Waals surface area (Å²) in [6, 6.07) is 15.5. The maximum atomic E-state index is 13.3. The Labute approximate surface area is 220 Å². The van der Waals surface area contributed by atoms with Gasteiger partial charge in [0.15, 0.2) is 5.82 Å². The van der Waals surface area contributed by atoms with E-state index >= 15 is 0 Å². The number of carbonyl (C=O) groups excluding carboxylic acids is 1. The molecule has 2 aromatic heterocycles. The molecular weight excluding hydrogens is 480 g/mol. The summed E-state index contributed by atoms with van der Waals surface area (Å²) in [7, 11) is 0. The number of nitrogen functional groups attached to an aromatic ring is 1. The first-order valence-corrected chi connectivity index (χ1v) is 13.1. The van der Waals surface area contributed by atoms with Gasteiger partial charge in [-0.2, -0.15) is 5.10 Å². The van der Waals surface area contributed by atoms with Crippen LogP contribution in [0.5, 0.6) is 0 Å². The van der Waals surface area contributed by atoms with Gasteiger partial charge >= 0.3 is 5.97 Å². The minimum Gasteiger partial charge on any atom is -0.481 e. The Balaban J connectivity index is 1.38. The van der Waals surface area contributed by atoms with Crippen molar-refractivity contribution in [2.75, 3.05) is 11.1 Å². The molecule has 4 N–H and O–H groups in total. The summed E-state index contributed by atoms with van der Waals surface area (Å²) in [5.74, 6) is 0.547. The zero-order valence-electron chi connectivity index (χ0n) is 21.3. The van der Waals surface area contributed by atoms with Gasteiger partial charge in [0.25, 0.3) is 0 Å². The third kappa shape index (κ3) is 3.98. The molecule has 6 rings (SSSR count). The Hall–Kier alpha value is -4.27. The number of hydrogen-bond donors (Lipinski definition) is 3. The summed E-state index contributed by atoms with van der Waals surface area (Å²) in [6.07, 6.45) is 5.45. The minimum atomic E-state index is -1.08. The van der Waals surface area contributed by atoms with Crippen molar-refractivity contribution in [3.63, 3.8) is 0 Å². The van der Waals surface area contributed by atoms with Gasteiger partial charge in [-0.15, -0.1) is 0 Å². The smallest absolute Gasteiger partial charge is 0.303 e. The van der Waals surface area contributed by atoms with Crippen molar-refractivity contribution in [2.45, 2.75) is 57.4 Å². The van der Waals surface area contributed by atoms with Crippen LogP contribution in [0, 0.1) is 5.92 Å². The lowest BCUT2D eigenvalue weighted by Crippen LogP contribution is -2.33. The summed E-state index contributed by atoms with van der Waals surface area (Å²) in [5, 5.41) is 17.8. The van der Waals surface area contributed by atoms with E-state index in [0.717, 1.165) is 28.6 Å². The summed E-state index contributed by atoms with van der Waals surface area (Å²) < 4.78 is 2.06. The average molecular weight is 511 g/mol. The highest BCUT2D eigenvalue weighted by Gasteiger charge is 2.47. The molecule has 9 nitrogen and oxygen atoms in total. The van der Waals surface area contributed by atoms with E-state index in [-0.39, 0.29) is 18.1 Å². The normalized spacial score (nSPS) is 19.1. The van der Waals surface area contributed by atoms with E-state index < -0.39 is 11.4 Å². The predicted molar refractivity (Wildman–Crippen MR) is 145 cm³/mol. The van der Waals surface area contributed by atoms with Crippen LogP contribution < -0.4 is 11.1 Å². The number of nitrogens with zero attached hydrogens (tertiary/aromatic N) is 4. The number of aromatic nitrogens is 4. The Morgan fingerprint density at radius 2 is 1.87 bits per heavy atom. The standard InChI is InChI=1S/C29H30N6O3/c1-29(19-13-10-17(11-14-19)12-15-22(36)37)23-25(30)31-27(32-26(23)33-28(29)38)24-20-8-4-5-9-21(20)35(34-24)16-18-6-2-3-7-18/h4-5,8-11,13-14,18H,2-3,6-7,12,15-16H2,1H3,(H,36,37)(H3,30,31,32,33,38). The summed E-state index contributed by atoms with van der Waals surface area (Å²) >= 11 is 0. The van der Waals surface area contributed by atoms with Crippen LogP contribution in [0.4, 0.5) is 11.6 Å². The molecule has 1 unspecified atom stereocenters. The van der Waals surface area contributed by atoms with Crippen LogP contribution in [0.2, 0.25) is 0 Å². The number of hydrogen-bond acceptors (Lipinski definition) is 6. The van der Waals surface area contributed by atoms with Crippen molar-refractivity contribution >= 4 is 34.4 Å². The van der Waals surface area contributed by atoms with Gasteiger partial charge in [-0.1, -0.05) is 55.3 Å². The molecule has 0 spiro atoms. The highest BCUT2D eigenvalue weighted by atomic mass is 16.4. The van der Waals surface area contributed by atoms with Crippen molar-refractivity contribution in [2.24, 2.45) is 5.92 Å². The molecule has 0 saturated heterocycles. The van der Waals surface area contributed by atoms with Crippen molar-refractivity contribution < 1.29 is 14.7 Å². The van der Waals surface area contributed by atoms with Crippen LogP contribution >= 0.6 is 0 Å². The van der Waals surface area contributed by atoms with Gasteiger partial charge in [-0.3, -0.25) is 14.3 Å². The predicted octanol–water partition coefficient (Wildman–Crippen LogP) is 4.54. The quantitative estimate of drug-likeness (QED) is 0.332. The van der Waals surface area contributed by atoms with E-state index in [0.29, 0.717) is 35.2 Å². The average Bonchev–Trinajstić information content (AvgIpc) is 3.61. The van der Waals surface area contributed by atoms with E-state index in [4.69, 9.17) is 20.9 Å². The molecule has 1 amide bonds. The van der Waals surface area contributed by atoms with E-state index in [1.54, 1.807) is 0 Å². The molecular formula is C29H30N6O3. The zero-order valence-corrected chi connectivity index (χ0v) is 21.3. The molecule has 1 aliphatic carbocycles. The fraction of sp³-hybridized carbons (Fsp3) is 0.345. The first kappa shape index (κ1) is 24.1. The SMILES string of the molecule is CC1(c2ccc(CCC(=O)O)cc2)C(=O)Nc2nc(-c3nn(CC4CCCC4)c4ccccc34)nc(N)c21. The Kier molecular flexibility index (Phi) is 5.86. The van der Waals surface area contributed by atoms with Crippen LogP contribution in [0.25, 0.3) is 22.4 Å². The Morgan fingerprint density at radius 1 is 1.13 bits per heavy atom. The lowest BCUT2D eigenvalue weighted by atomic mass is 9.77. The molecule has 0 radical (unpaired) electrons. The molecule has 9 heteroatoms. The molecule has 1 aliphatic heterocycles. The van der Waals surface area contributed by atoms with Gasteiger partial charge in [0.2, 0.25) is 5.91 Å². The Bertz CT molecular complexity index is 1550. The molecule has 1 fully saturated rings. The number of nitrogens with two attached hydrogens (primary N) is 1. The molecule has 194 valence electrons. The van der Waals surface area contributed by atoms with E-state index in [1.807, 2.05) is 49.4 Å². The maximum Gasteiger partial charge on any atom is 0.303 e. The van der Waals surface area contributed by atoms with Crippen molar-refractivity contribution in [3.05, 3.63) is 65.2 Å². The highest BCUT2D eigenvalue weighted by Crippen LogP contribution is 2.45. The lowest BCUT2D eigenvalue weighted by molar-refractivity contribution is -0.137. The maximum absolute atomic E-state index is 13.3. The molecule has 1 saturated carbocycles. The number of benzene rings is 2. The third-order valence-corrected chi connectivity index (χ3v) is 8.06. The van der Waals surface area contributed by atoms with Crippen LogP contribution in [0.1, 0.15) is 55.7 Å². The number of anilines is 2. The van der Waals surface area contributed by atoms with Crippen molar-refractivity contribution in [3.8, 4) is 11.5 Å². The van der Waals surface area contributed by atoms with E-state index in [1.165, 1.54) is 25.7 Å². The van der Waals surface area contributed by atoms with Crippen LogP contribution in [0.15, 0.2) is 48.5 Å². The topological polar surface area (TPSA) is 136 Å². The van der Waals surface area contributed by atoms with Gasteiger partial charge in [0.05, 0.1) is 11.1 Å². The molecule has 2 aromatic carbocycles. The van der Waals surface area contributed by atoms with Gasteiger partial charge in [-0.05, 0) is 49.3 Å². The molecule has 1 atom stereocenters. The lowest BCUT2D eigenvalue weighted by Gasteiger charge is -2.23. The number of carboxylic acid groups (broad SMARTS) is 1. The monoisotopic (exact) mass is 510 g/mol. The van der Waals surface area contributed by atoms with Gasteiger partial charge in [0, 0.05) is 18.4 Å². The zero-order chi connectivity index (χ0) is 26.4. The number of fused-ring (bicyclic) bond motifs is 2. The molecule has 38 heavy (non-hydrogen) atoms. The molecule has 0 bridgehead atoms. The number of rotatable bonds is 7. The largest absolute Gasteiger partial charge is 0.481 e. The van der Waals surface area contributed by atoms with Crippen LogP contribution in [0.3, 0.4) is 0 Å². The second-order valence-electron chi connectivity index (χ2n) is 10.5. The molecule has 2 aliphatic rings. The van der Waals surface area contributed by atoms with E-state index in [9.17, 15) is 9.59 Å². The van der Waals surface area contributed by atoms with Crippen LogP contribution in [-0.4, -0.2) is 36.7 Å². The molecule has 4 aromatic rings. The third-order valence-electron chi connectivity index (χ3n) is 8.06. The number of para-hydroxylation sites is 1. The number of nitrogens with one attached hydrogen (secondary N) is 1. The van der Waals surface area contributed by atoms with Gasteiger partial charge in [-0.25, -0.2) is 9.97 Å². The fourth-order valence-corrected chi connectivity index (χ4v) is 5.91. The van der Waals surface area contributed by atoms with E-state index in [2.05, 4.69) is 21.0 Å². The fourth-order valence-electron chi connectivity index (χ4n) is 5.91. The second kappa shape index (κ2) is 9.24. The second-order valence-corrected chi connectivity index (χ2v) is 10.5. The first-order chi connectivity index (χ1) is 18.3. The first-order valence-electron chi connectivity index (χ1n) is 13.1. The van der Waals surface area contributed by atoms with Crippen LogP contribution in [-0.2, 0) is 28.0 Å². The van der Waals surface area contributed by atoms with Crippen molar-refractivity contribution in [1.82, 2.24) is 19.7 Å². The number of aliphatic carboxylic acids is 1. The number of amides is 1. The highest BCUT2D eigenvalue weighted by molar-refractivity contribution is 6.09. The number of carboxylic acids is 1. The van der Waals surface area contributed by atoms with Crippen molar-refractivity contribution in [1.29, 1.82) is 0 Å². The van der Waals surface area contributed by atoms with Gasteiger partial charge < -0.3 is 16.2 Å². The summed E-state index contributed by atoms with van der Waals surface area (Å²) in [6.45, 7) is 2.67. The summed E-state index contributed by atoms with van der Waals surface area (Å²) in [4.78, 5) is 33.7.